The second-order valence-corrected chi connectivity index (χ2v) is 7.88. The fourth-order valence-electron chi connectivity index (χ4n) is 4.29. The number of carbonyl (C=O) groups is 1. The van der Waals surface area contributed by atoms with Crippen LogP contribution in [0.25, 0.3) is 10.9 Å². The summed E-state index contributed by atoms with van der Waals surface area (Å²) in [4.78, 5) is 18.2. The van der Waals surface area contributed by atoms with E-state index in [1.165, 1.54) is 51.7 Å². The van der Waals surface area contributed by atoms with Crippen LogP contribution in [0.1, 0.15) is 42.5 Å². The topological polar surface area (TPSA) is 48.1 Å². The van der Waals surface area contributed by atoms with Gasteiger partial charge in [0.1, 0.15) is 0 Å². The molecular weight excluding hydrogens is 322 g/mol. The number of likely N-dealkylation sites (tertiary alicyclic amines) is 1. The minimum Gasteiger partial charge on any atom is -0.361 e. The van der Waals surface area contributed by atoms with E-state index in [1.807, 2.05) is 30.5 Å². The van der Waals surface area contributed by atoms with Gasteiger partial charge < -0.3 is 15.2 Å². The van der Waals surface area contributed by atoms with Crippen LogP contribution in [0, 0.1) is 11.8 Å². The highest BCUT2D eigenvalue weighted by Gasteiger charge is 2.22. The number of hydrogen-bond donors (Lipinski definition) is 2. The third kappa shape index (κ3) is 4.18. The van der Waals surface area contributed by atoms with E-state index in [-0.39, 0.29) is 5.91 Å². The molecule has 1 aliphatic carbocycles. The Bertz CT molecular complexity index is 771. The van der Waals surface area contributed by atoms with Gasteiger partial charge in [-0.1, -0.05) is 18.2 Å². The predicted octanol–water partition coefficient (Wildman–Crippen LogP) is 3.97. The third-order valence-corrected chi connectivity index (χ3v) is 5.97. The van der Waals surface area contributed by atoms with E-state index in [1.54, 1.807) is 0 Å². The highest BCUT2D eigenvalue weighted by atomic mass is 16.1. The van der Waals surface area contributed by atoms with Gasteiger partial charge >= 0.3 is 0 Å². The van der Waals surface area contributed by atoms with Crippen LogP contribution in [0.5, 0.6) is 0 Å². The molecule has 2 aromatic rings. The summed E-state index contributed by atoms with van der Waals surface area (Å²) in [6, 6.07) is 7.87. The lowest BCUT2D eigenvalue weighted by Gasteiger charge is -2.34. The van der Waals surface area contributed by atoms with Crippen molar-refractivity contribution in [1.29, 1.82) is 0 Å². The van der Waals surface area contributed by atoms with Crippen molar-refractivity contribution < 1.29 is 4.79 Å². The van der Waals surface area contributed by atoms with Crippen LogP contribution < -0.4 is 5.32 Å². The van der Waals surface area contributed by atoms with Crippen LogP contribution in [-0.2, 0) is 0 Å². The van der Waals surface area contributed by atoms with Gasteiger partial charge in [-0.15, -0.1) is 0 Å². The van der Waals surface area contributed by atoms with Crippen molar-refractivity contribution in [3.8, 4) is 0 Å². The summed E-state index contributed by atoms with van der Waals surface area (Å²) in [5.74, 6) is 1.49. The molecule has 1 unspecified atom stereocenters. The summed E-state index contributed by atoms with van der Waals surface area (Å²) in [5.41, 5.74) is 1.76. The Morgan fingerprint density at radius 3 is 2.81 bits per heavy atom. The van der Waals surface area contributed by atoms with Gasteiger partial charge in [0.25, 0.3) is 5.91 Å². The Labute approximate surface area is 155 Å². The van der Waals surface area contributed by atoms with E-state index >= 15 is 0 Å². The maximum absolute atomic E-state index is 12.4. The van der Waals surface area contributed by atoms with Crippen LogP contribution >= 0.6 is 0 Å². The second kappa shape index (κ2) is 8.09. The van der Waals surface area contributed by atoms with Gasteiger partial charge in [-0.2, -0.15) is 0 Å². The maximum atomic E-state index is 12.4. The highest BCUT2D eigenvalue weighted by molar-refractivity contribution is 5.97. The monoisotopic (exact) mass is 351 g/mol. The van der Waals surface area contributed by atoms with Crippen LogP contribution in [0.3, 0.4) is 0 Å². The molecule has 1 amide bonds. The molecule has 1 aliphatic heterocycles. The summed E-state index contributed by atoms with van der Waals surface area (Å²) in [5, 5.41) is 4.28. The van der Waals surface area contributed by atoms with Crippen LogP contribution in [0.4, 0.5) is 0 Å². The molecule has 26 heavy (non-hydrogen) atoms. The van der Waals surface area contributed by atoms with E-state index in [4.69, 9.17) is 0 Å². The zero-order chi connectivity index (χ0) is 17.8. The molecule has 0 bridgehead atoms. The number of rotatable bonds is 5. The van der Waals surface area contributed by atoms with Crippen molar-refractivity contribution in [2.45, 2.75) is 32.1 Å². The molecule has 4 heteroatoms. The molecule has 0 radical (unpaired) electrons. The first-order valence-electron chi connectivity index (χ1n) is 10.0. The lowest BCUT2D eigenvalue weighted by Crippen LogP contribution is -2.40. The van der Waals surface area contributed by atoms with E-state index in [9.17, 15) is 4.79 Å². The van der Waals surface area contributed by atoms with Gasteiger partial charge in [-0.05, 0) is 80.6 Å². The molecule has 1 aromatic heterocycles. The van der Waals surface area contributed by atoms with E-state index in [0.717, 1.165) is 28.9 Å². The fraction of sp³-hybridized carbons (Fsp3) is 0.500. The van der Waals surface area contributed by atoms with Gasteiger partial charge in [-0.25, -0.2) is 0 Å². The van der Waals surface area contributed by atoms with Crippen LogP contribution in [0.2, 0.25) is 0 Å². The number of nitrogens with one attached hydrogen (secondary N) is 2. The number of allylic oxidation sites excluding steroid dienone is 2. The summed E-state index contributed by atoms with van der Waals surface area (Å²) in [6.07, 6.45) is 12.8. The maximum Gasteiger partial charge on any atom is 0.251 e. The van der Waals surface area contributed by atoms with E-state index < -0.39 is 0 Å². The van der Waals surface area contributed by atoms with Gasteiger partial charge in [-0.3, -0.25) is 4.79 Å². The number of fused-ring (bicyclic) bond motifs is 1. The standard InChI is InChI=1S/C22H29N3O/c26-22(20-7-6-19-8-11-23-21(19)14-20)24-15-17-9-12-25(13-10-17)16-18-4-2-1-3-5-18/h1-2,6-8,11,14,17-18,23H,3-5,9-10,12-13,15-16H2,(H,24,26). The number of aromatic nitrogens is 1. The number of aromatic amines is 1. The normalized spacial score (nSPS) is 21.9. The lowest BCUT2D eigenvalue weighted by molar-refractivity contribution is 0.0933. The molecule has 0 saturated carbocycles. The predicted molar refractivity (Wildman–Crippen MR) is 106 cm³/mol. The van der Waals surface area contributed by atoms with Crippen molar-refractivity contribution in [2.24, 2.45) is 11.8 Å². The molecule has 138 valence electrons. The van der Waals surface area contributed by atoms with Crippen LogP contribution in [0.15, 0.2) is 42.6 Å². The highest BCUT2D eigenvalue weighted by Crippen LogP contribution is 2.23. The number of benzene rings is 1. The molecule has 2 heterocycles. The van der Waals surface area contributed by atoms with Gasteiger partial charge in [0, 0.05) is 30.4 Å². The summed E-state index contributed by atoms with van der Waals surface area (Å²) in [6.45, 7) is 4.39. The molecule has 0 spiro atoms. The molecule has 1 fully saturated rings. The average Bonchev–Trinajstić information content (AvgIpc) is 3.16. The first kappa shape index (κ1) is 17.3. The minimum atomic E-state index is 0.0397. The quantitative estimate of drug-likeness (QED) is 0.801. The number of amides is 1. The Balaban J connectivity index is 1.21. The second-order valence-electron chi connectivity index (χ2n) is 7.88. The molecule has 4 nitrogen and oxygen atoms in total. The molecule has 4 rings (SSSR count). The van der Waals surface area contributed by atoms with Crippen LogP contribution in [-0.4, -0.2) is 42.0 Å². The zero-order valence-electron chi connectivity index (χ0n) is 15.4. The van der Waals surface area contributed by atoms with Gasteiger partial charge in [0.05, 0.1) is 0 Å². The fourth-order valence-corrected chi connectivity index (χ4v) is 4.29. The third-order valence-electron chi connectivity index (χ3n) is 5.97. The summed E-state index contributed by atoms with van der Waals surface area (Å²) in [7, 11) is 0. The lowest BCUT2D eigenvalue weighted by atomic mass is 9.91. The summed E-state index contributed by atoms with van der Waals surface area (Å²) < 4.78 is 0. The van der Waals surface area contributed by atoms with Crippen molar-refractivity contribution >= 4 is 16.8 Å². The largest absolute Gasteiger partial charge is 0.361 e. The SMILES string of the molecule is O=C(NCC1CCN(CC2CC=CCC2)CC1)c1ccc2cc[nH]c2c1. The molecule has 1 saturated heterocycles. The van der Waals surface area contributed by atoms with Crippen molar-refractivity contribution in [1.82, 2.24) is 15.2 Å². The molecular formula is C22H29N3O. The molecule has 1 atom stereocenters. The number of nitrogens with zero attached hydrogens (tertiary/aromatic N) is 1. The van der Waals surface area contributed by atoms with Gasteiger partial charge in [0.15, 0.2) is 0 Å². The van der Waals surface area contributed by atoms with Crippen molar-refractivity contribution in [3.63, 3.8) is 0 Å². The average molecular weight is 351 g/mol. The van der Waals surface area contributed by atoms with Crippen molar-refractivity contribution in [2.75, 3.05) is 26.2 Å². The number of carbonyl (C=O) groups excluding carboxylic acids is 1. The Kier molecular flexibility index (Phi) is 5.40. The number of hydrogen-bond acceptors (Lipinski definition) is 2. The van der Waals surface area contributed by atoms with E-state index in [0.29, 0.717) is 5.92 Å². The van der Waals surface area contributed by atoms with E-state index in [2.05, 4.69) is 27.4 Å². The van der Waals surface area contributed by atoms with Crippen molar-refractivity contribution in [3.05, 3.63) is 48.2 Å². The number of H-pyrrole nitrogens is 1. The zero-order valence-corrected chi connectivity index (χ0v) is 15.4. The first-order chi connectivity index (χ1) is 12.8. The summed E-state index contributed by atoms with van der Waals surface area (Å²) >= 11 is 0. The smallest absolute Gasteiger partial charge is 0.251 e. The molecule has 2 aliphatic rings. The Morgan fingerprint density at radius 1 is 1.12 bits per heavy atom. The Hall–Kier alpha value is -2.07. The molecule has 2 N–H and O–H groups in total. The van der Waals surface area contributed by atoms with Gasteiger partial charge in [0.2, 0.25) is 0 Å². The Morgan fingerprint density at radius 2 is 2.00 bits per heavy atom. The number of piperidine rings is 1. The minimum absolute atomic E-state index is 0.0397. The molecule has 1 aromatic carbocycles. The first-order valence-corrected chi connectivity index (χ1v) is 10.0.